The van der Waals surface area contributed by atoms with Crippen molar-refractivity contribution in [3.63, 3.8) is 0 Å². The summed E-state index contributed by atoms with van der Waals surface area (Å²) in [5.74, 6) is -1.36. The van der Waals surface area contributed by atoms with Crippen LogP contribution in [-0.2, 0) is 4.79 Å². The minimum atomic E-state index is -0.747. The average Bonchev–Trinajstić information content (AvgIpc) is 2.77. The molecule has 6 nitrogen and oxygen atoms in total. The Bertz CT molecular complexity index is 955. The molecule has 2 aromatic carbocycles. The Morgan fingerprint density at radius 1 is 0.938 bits per heavy atom. The molecule has 32 heavy (non-hydrogen) atoms. The zero-order valence-electron chi connectivity index (χ0n) is 18.1. The van der Waals surface area contributed by atoms with Gasteiger partial charge in [-0.3, -0.25) is 14.4 Å². The summed E-state index contributed by atoms with van der Waals surface area (Å²) >= 11 is 5.90. The van der Waals surface area contributed by atoms with Crippen molar-refractivity contribution in [1.82, 2.24) is 15.5 Å². The van der Waals surface area contributed by atoms with E-state index in [0.29, 0.717) is 36.5 Å². The van der Waals surface area contributed by atoms with Gasteiger partial charge in [0, 0.05) is 35.3 Å². The van der Waals surface area contributed by atoms with Crippen LogP contribution < -0.4 is 10.6 Å². The quantitative estimate of drug-likeness (QED) is 0.692. The van der Waals surface area contributed by atoms with E-state index in [0.717, 1.165) is 0 Å². The molecule has 1 saturated heterocycles. The Morgan fingerprint density at radius 3 is 2.06 bits per heavy atom. The minimum absolute atomic E-state index is 0.0840. The van der Waals surface area contributed by atoms with Crippen molar-refractivity contribution in [1.29, 1.82) is 0 Å². The van der Waals surface area contributed by atoms with E-state index in [2.05, 4.69) is 10.6 Å². The predicted molar refractivity (Wildman–Crippen MR) is 121 cm³/mol. The van der Waals surface area contributed by atoms with E-state index in [1.54, 1.807) is 29.2 Å². The van der Waals surface area contributed by atoms with Gasteiger partial charge in [0.15, 0.2) is 0 Å². The number of rotatable bonds is 6. The van der Waals surface area contributed by atoms with Gasteiger partial charge in [-0.1, -0.05) is 11.6 Å². The molecule has 2 aromatic rings. The first-order valence-electron chi connectivity index (χ1n) is 10.7. The van der Waals surface area contributed by atoms with Gasteiger partial charge in [-0.05, 0) is 81.1 Å². The Labute approximate surface area is 192 Å². The second-order valence-electron chi connectivity index (χ2n) is 8.26. The van der Waals surface area contributed by atoms with Crippen LogP contribution in [0.1, 0.15) is 47.4 Å². The molecular formula is C24H27ClFN3O3. The van der Waals surface area contributed by atoms with Crippen LogP contribution in [-0.4, -0.2) is 47.8 Å². The lowest BCUT2D eigenvalue weighted by Gasteiger charge is -2.36. The molecule has 0 saturated carbocycles. The summed E-state index contributed by atoms with van der Waals surface area (Å²) in [5.41, 5.74) is 0.843. The highest BCUT2D eigenvalue weighted by atomic mass is 35.5. The number of nitrogens with one attached hydrogen (secondary N) is 2. The number of piperidine rings is 1. The van der Waals surface area contributed by atoms with Crippen molar-refractivity contribution in [2.24, 2.45) is 5.92 Å². The van der Waals surface area contributed by atoms with Gasteiger partial charge in [-0.2, -0.15) is 0 Å². The number of carbonyl (C=O) groups excluding carboxylic acids is 3. The normalized spacial score (nSPS) is 15.3. The first-order valence-corrected chi connectivity index (χ1v) is 11.0. The third-order valence-corrected chi connectivity index (χ3v) is 5.75. The molecule has 0 radical (unpaired) electrons. The molecule has 0 spiro atoms. The van der Waals surface area contributed by atoms with Crippen molar-refractivity contribution in [2.75, 3.05) is 13.1 Å². The number of likely N-dealkylation sites (tertiary alicyclic amines) is 1. The number of halogens is 2. The van der Waals surface area contributed by atoms with Gasteiger partial charge in [0.25, 0.3) is 11.8 Å². The van der Waals surface area contributed by atoms with Crippen LogP contribution in [0.3, 0.4) is 0 Å². The van der Waals surface area contributed by atoms with Crippen molar-refractivity contribution in [3.05, 3.63) is 70.5 Å². The van der Waals surface area contributed by atoms with E-state index in [1.807, 2.05) is 13.8 Å². The van der Waals surface area contributed by atoms with Gasteiger partial charge < -0.3 is 15.5 Å². The van der Waals surface area contributed by atoms with Gasteiger partial charge in [-0.15, -0.1) is 0 Å². The number of benzene rings is 2. The van der Waals surface area contributed by atoms with E-state index in [9.17, 15) is 18.8 Å². The van der Waals surface area contributed by atoms with Crippen molar-refractivity contribution < 1.29 is 18.8 Å². The Hall–Kier alpha value is -2.93. The fourth-order valence-corrected chi connectivity index (χ4v) is 3.93. The summed E-state index contributed by atoms with van der Waals surface area (Å²) in [6.07, 6.45) is 1.14. The molecule has 8 heteroatoms. The van der Waals surface area contributed by atoms with Crippen molar-refractivity contribution in [3.8, 4) is 0 Å². The fraction of sp³-hybridized carbons (Fsp3) is 0.375. The van der Waals surface area contributed by atoms with E-state index < -0.39 is 17.8 Å². The fourth-order valence-electron chi connectivity index (χ4n) is 3.81. The summed E-state index contributed by atoms with van der Waals surface area (Å²) < 4.78 is 13.2. The van der Waals surface area contributed by atoms with Gasteiger partial charge in [0.2, 0.25) is 5.91 Å². The third kappa shape index (κ3) is 6.07. The molecule has 1 heterocycles. The zero-order valence-corrected chi connectivity index (χ0v) is 18.9. The molecular weight excluding hydrogens is 433 g/mol. The highest BCUT2D eigenvalue weighted by molar-refractivity contribution is 6.30. The monoisotopic (exact) mass is 459 g/mol. The van der Waals surface area contributed by atoms with E-state index >= 15 is 0 Å². The van der Waals surface area contributed by atoms with Gasteiger partial charge in [0.1, 0.15) is 11.9 Å². The van der Waals surface area contributed by atoms with E-state index in [-0.39, 0.29) is 29.3 Å². The first kappa shape index (κ1) is 23.7. The molecule has 1 aliphatic heterocycles. The molecule has 170 valence electrons. The number of hydrogen-bond donors (Lipinski definition) is 2. The lowest BCUT2D eigenvalue weighted by molar-refractivity contribution is -0.125. The topological polar surface area (TPSA) is 78.5 Å². The second-order valence-corrected chi connectivity index (χ2v) is 8.69. The van der Waals surface area contributed by atoms with Crippen LogP contribution in [0.4, 0.5) is 4.39 Å². The molecule has 3 rings (SSSR count). The Morgan fingerprint density at radius 2 is 1.50 bits per heavy atom. The van der Waals surface area contributed by atoms with Crippen LogP contribution in [0.2, 0.25) is 5.02 Å². The van der Waals surface area contributed by atoms with Gasteiger partial charge >= 0.3 is 0 Å². The van der Waals surface area contributed by atoms with Gasteiger partial charge in [0.05, 0.1) is 0 Å². The van der Waals surface area contributed by atoms with Crippen LogP contribution in [0.5, 0.6) is 0 Å². The Balaban J connectivity index is 1.68. The van der Waals surface area contributed by atoms with Crippen molar-refractivity contribution in [2.45, 2.75) is 38.8 Å². The number of amides is 3. The predicted octanol–water partition coefficient (Wildman–Crippen LogP) is 3.65. The summed E-state index contributed by atoms with van der Waals surface area (Å²) in [4.78, 5) is 40.1. The minimum Gasteiger partial charge on any atom is -0.352 e. The van der Waals surface area contributed by atoms with Crippen molar-refractivity contribution >= 4 is 29.3 Å². The Kier molecular flexibility index (Phi) is 7.85. The maximum Gasteiger partial charge on any atom is 0.253 e. The lowest BCUT2D eigenvalue weighted by atomic mass is 9.88. The highest BCUT2D eigenvalue weighted by Crippen LogP contribution is 2.23. The molecule has 3 amide bonds. The second kappa shape index (κ2) is 10.6. The van der Waals surface area contributed by atoms with E-state index in [1.165, 1.54) is 24.3 Å². The van der Waals surface area contributed by atoms with Crippen LogP contribution in [0, 0.1) is 11.7 Å². The van der Waals surface area contributed by atoms with Crippen LogP contribution in [0.15, 0.2) is 48.5 Å². The zero-order chi connectivity index (χ0) is 23.3. The standard InChI is InChI=1S/C24H27ClFN3O3/c1-15(2)27-23(31)21(28-22(30)17-5-9-20(26)10-6-17)16-11-13-29(14-12-16)24(32)18-3-7-19(25)8-4-18/h3-10,15-16,21H,11-14H2,1-2H3,(H,27,31)(H,28,30). The third-order valence-electron chi connectivity index (χ3n) is 5.50. The molecule has 1 atom stereocenters. The number of carbonyl (C=O) groups is 3. The first-order chi connectivity index (χ1) is 15.2. The summed E-state index contributed by atoms with van der Waals surface area (Å²) in [7, 11) is 0. The van der Waals surface area contributed by atoms with Crippen LogP contribution in [0.25, 0.3) is 0 Å². The lowest BCUT2D eigenvalue weighted by Crippen LogP contribution is -2.54. The molecule has 1 fully saturated rings. The highest BCUT2D eigenvalue weighted by Gasteiger charge is 2.34. The molecule has 0 bridgehead atoms. The molecule has 1 unspecified atom stereocenters. The molecule has 2 N–H and O–H groups in total. The largest absolute Gasteiger partial charge is 0.352 e. The van der Waals surface area contributed by atoms with Crippen LogP contribution >= 0.6 is 11.6 Å². The smallest absolute Gasteiger partial charge is 0.253 e. The maximum absolute atomic E-state index is 13.2. The molecule has 0 aromatic heterocycles. The summed E-state index contributed by atoms with van der Waals surface area (Å²) in [6, 6.07) is 11.1. The SMILES string of the molecule is CC(C)NC(=O)C(NC(=O)c1ccc(F)cc1)C1CCN(C(=O)c2ccc(Cl)cc2)CC1. The van der Waals surface area contributed by atoms with E-state index in [4.69, 9.17) is 11.6 Å². The number of nitrogens with zero attached hydrogens (tertiary/aromatic N) is 1. The average molecular weight is 460 g/mol. The van der Waals surface area contributed by atoms with Gasteiger partial charge in [-0.25, -0.2) is 4.39 Å². The number of hydrogen-bond acceptors (Lipinski definition) is 3. The molecule has 1 aliphatic rings. The summed E-state index contributed by atoms with van der Waals surface area (Å²) in [6.45, 7) is 4.66. The maximum atomic E-state index is 13.2. The summed E-state index contributed by atoms with van der Waals surface area (Å²) in [5, 5.41) is 6.25. The molecule has 0 aliphatic carbocycles.